The summed E-state index contributed by atoms with van der Waals surface area (Å²) in [5.41, 5.74) is 5.96. The summed E-state index contributed by atoms with van der Waals surface area (Å²) in [5, 5.41) is 0. The van der Waals surface area contributed by atoms with E-state index < -0.39 is 0 Å². The maximum absolute atomic E-state index is 5.97. The maximum Gasteiger partial charge on any atom is 0.0598 e. The van der Waals surface area contributed by atoms with Crippen LogP contribution in [0.3, 0.4) is 0 Å². The van der Waals surface area contributed by atoms with Gasteiger partial charge in [0.2, 0.25) is 0 Å². The van der Waals surface area contributed by atoms with Crippen LogP contribution in [0.2, 0.25) is 0 Å². The molecule has 0 saturated carbocycles. The average Bonchev–Trinajstić information content (AvgIpc) is 1.95. The molecule has 2 N–H and O–H groups in total. The smallest absolute Gasteiger partial charge is 0.0598 e. The molecule has 0 aliphatic carbocycles. The summed E-state index contributed by atoms with van der Waals surface area (Å²) in [4.78, 5) is 0. The van der Waals surface area contributed by atoms with Gasteiger partial charge in [0.15, 0.2) is 0 Å². The van der Waals surface area contributed by atoms with Crippen LogP contribution in [-0.4, -0.2) is 18.2 Å². The second kappa shape index (κ2) is 6.41. The molecule has 2 heteroatoms. The first kappa shape index (κ1) is 13.9. The minimum absolute atomic E-state index is 0.0118. The molecule has 0 amide bonds. The lowest BCUT2D eigenvalue weighted by Gasteiger charge is -2.20. The Hall–Kier alpha value is -0.0800. The van der Waals surface area contributed by atoms with Gasteiger partial charge in [-0.3, -0.25) is 0 Å². The van der Waals surface area contributed by atoms with E-state index in [4.69, 9.17) is 10.5 Å². The molecular formula is C12H27NO. The Morgan fingerprint density at radius 2 is 1.79 bits per heavy atom. The summed E-state index contributed by atoms with van der Waals surface area (Å²) in [6.45, 7) is 11.5. The van der Waals surface area contributed by atoms with Crippen LogP contribution < -0.4 is 5.73 Å². The lowest BCUT2D eigenvalue weighted by molar-refractivity contribution is -0.00522. The first-order valence-electron chi connectivity index (χ1n) is 5.71. The zero-order chi connectivity index (χ0) is 11.2. The highest BCUT2D eigenvalue weighted by molar-refractivity contribution is 4.64. The zero-order valence-electron chi connectivity index (χ0n) is 10.5. The van der Waals surface area contributed by atoms with Crippen molar-refractivity contribution in [2.45, 2.75) is 65.5 Å². The van der Waals surface area contributed by atoms with Crippen molar-refractivity contribution in [3.8, 4) is 0 Å². The molecule has 0 rings (SSSR count). The first-order valence-corrected chi connectivity index (χ1v) is 5.71. The fourth-order valence-electron chi connectivity index (χ4n) is 1.45. The molecule has 0 spiro atoms. The van der Waals surface area contributed by atoms with Crippen molar-refractivity contribution in [3.63, 3.8) is 0 Å². The van der Waals surface area contributed by atoms with Crippen molar-refractivity contribution in [3.05, 3.63) is 0 Å². The molecule has 0 bridgehead atoms. The van der Waals surface area contributed by atoms with Gasteiger partial charge in [0.05, 0.1) is 5.60 Å². The normalized spacial score (nSPS) is 14.8. The summed E-state index contributed by atoms with van der Waals surface area (Å²) in [6, 6.07) is 0.346. The minimum Gasteiger partial charge on any atom is -0.376 e. The van der Waals surface area contributed by atoms with Gasteiger partial charge in [-0.2, -0.15) is 0 Å². The first-order chi connectivity index (χ1) is 6.31. The molecule has 1 atom stereocenters. The summed E-state index contributed by atoms with van der Waals surface area (Å²) < 4.78 is 5.63. The second-order valence-electron chi connectivity index (χ2n) is 5.49. The standard InChI is InChI=1S/C12H27NO/c1-10(2)9-11(13)7-6-8-14-12(3,4)5/h10-11H,6-9,13H2,1-5H3. The third-order valence-corrected chi connectivity index (χ3v) is 2.03. The largest absolute Gasteiger partial charge is 0.376 e. The van der Waals surface area contributed by atoms with Crippen LogP contribution in [-0.2, 0) is 4.74 Å². The van der Waals surface area contributed by atoms with Gasteiger partial charge in [0.25, 0.3) is 0 Å². The van der Waals surface area contributed by atoms with Crippen LogP contribution in [0.25, 0.3) is 0 Å². The molecule has 0 saturated heterocycles. The number of ether oxygens (including phenoxy) is 1. The van der Waals surface area contributed by atoms with Crippen LogP contribution in [0.1, 0.15) is 53.9 Å². The molecule has 0 fully saturated rings. The van der Waals surface area contributed by atoms with Gasteiger partial charge in [-0.05, 0) is 46.0 Å². The molecule has 0 aromatic heterocycles. The molecule has 0 aromatic rings. The van der Waals surface area contributed by atoms with Crippen molar-refractivity contribution in [2.24, 2.45) is 11.7 Å². The Morgan fingerprint density at radius 1 is 1.21 bits per heavy atom. The molecule has 0 radical (unpaired) electrons. The quantitative estimate of drug-likeness (QED) is 0.671. The number of hydrogen-bond donors (Lipinski definition) is 1. The summed E-state index contributed by atoms with van der Waals surface area (Å²) >= 11 is 0. The van der Waals surface area contributed by atoms with E-state index in [1.807, 2.05) is 0 Å². The van der Waals surface area contributed by atoms with Crippen molar-refractivity contribution >= 4 is 0 Å². The van der Waals surface area contributed by atoms with Crippen LogP contribution in [0, 0.1) is 5.92 Å². The highest BCUT2D eigenvalue weighted by atomic mass is 16.5. The summed E-state index contributed by atoms with van der Waals surface area (Å²) in [5.74, 6) is 0.702. The summed E-state index contributed by atoms with van der Waals surface area (Å²) in [7, 11) is 0. The molecule has 1 unspecified atom stereocenters. The fourth-order valence-corrected chi connectivity index (χ4v) is 1.45. The van der Waals surface area contributed by atoms with Crippen molar-refractivity contribution in [2.75, 3.05) is 6.61 Å². The van der Waals surface area contributed by atoms with E-state index in [-0.39, 0.29) is 5.60 Å². The van der Waals surface area contributed by atoms with Crippen LogP contribution >= 0.6 is 0 Å². The van der Waals surface area contributed by atoms with E-state index in [0.29, 0.717) is 12.0 Å². The zero-order valence-corrected chi connectivity index (χ0v) is 10.5. The Balaban J connectivity index is 3.36. The summed E-state index contributed by atoms with van der Waals surface area (Å²) in [6.07, 6.45) is 3.27. The van der Waals surface area contributed by atoms with Crippen molar-refractivity contribution < 1.29 is 4.74 Å². The van der Waals surface area contributed by atoms with Crippen LogP contribution in [0.15, 0.2) is 0 Å². The van der Waals surface area contributed by atoms with Crippen LogP contribution in [0.4, 0.5) is 0 Å². The topological polar surface area (TPSA) is 35.2 Å². The maximum atomic E-state index is 5.97. The van der Waals surface area contributed by atoms with Gasteiger partial charge in [0.1, 0.15) is 0 Å². The number of nitrogens with two attached hydrogens (primary N) is 1. The lowest BCUT2D eigenvalue weighted by Crippen LogP contribution is -2.24. The van der Waals surface area contributed by atoms with E-state index in [9.17, 15) is 0 Å². The highest BCUT2D eigenvalue weighted by Crippen LogP contribution is 2.10. The Kier molecular flexibility index (Phi) is 6.38. The lowest BCUT2D eigenvalue weighted by atomic mass is 10.0. The van der Waals surface area contributed by atoms with Gasteiger partial charge in [0, 0.05) is 12.6 Å². The van der Waals surface area contributed by atoms with Gasteiger partial charge < -0.3 is 10.5 Å². The SMILES string of the molecule is CC(C)CC(N)CCCOC(C)(C)C. The number of hydrogen-bond acceptors (Lipinski definition) is 2. The molecule has 86 valence electrons. The van der Waals surface area contributed by atoms with Gasteiger partial charge in [-0.25, -0.2) is 0 Å². The third kappa shape index (κ3) is 10.0. The molecule has 0 aliphatic rings. The predicted molar refractivity (Wildman–Crippen MR) is 62.4 cm³/mol. The van der Waals surface area contributed by atoms with Crippen LogP contribution in [0.5, 0.6) is 0 Å². The highest BCUT2D eigenvalue weighted by Gasteiger charge is 2.10. The molecule has 0 heterocycles. The van der Waals surface area contributed by atoms with Gasteiger partial charge in [-0.15, -0.1) is 0 Å². The Labute approximate surface area is 89.2 Å². The van der Waals surface area contributed by atoms with E-state index in [0.717, 1.165) is 25.9 Å². The third-order valence-electron chi connectivity index (χ3n) is 2.03. The minimum atomic E-state index is -0.0118. The Morgan fingerprint density at radius 3 is 2.21 bits per heavy atom. The molecule has 0 aromatic carbocycles. The monoisotopic (exact) mass is 201 g/mol. The van der Waals surface area contributed by atoms with Crippen molar-refractivity contribution in [1.29, 1.82) is 0 Å². The molecule has 14 heavy (non-hydrogen) atoms. The average molecular weight is 201 g/mol. The van der Waals surface area contributed by atoms with Crippen molar-refractivity contribution in [1.82, 2.24) is 0 Å². The van der Waals surface area contributed by atoms with E-state index in [2.05, 4.69) is 34.6 Å². The predicted octanol–water partition coefficient (Wildman–Crippen LogP) is 2.96. The Bertz CT molecular complexity index is 138. The number of rotatable bonds is 6. The van der Waals surface area contributed by atoms with E-state index in [1.165, 1.54) is 0 Å². The fraction of sp³-hybridized carbons (Fsp3) is 1.00. The second-order valence-corrected chi connectivity index (χ2v) is 5.49. The molecule has 0 aliphatic heterocycles. The van der Waals surface area contributed by atoms with Gasteiger partial charge >= 0.3 is 0 Å². The molecule has 2 nitrogen and oxygen atoms in total. The molecular weight excluding hydrogens is 174 g/mol. The van der Waals surface area contributed by atoms with E-state index >= 15 is 0 Å². The van der Waals surface area contributed by atoms with Gasteiger partial charge in [-0.1, -0.05) is 13.8 Å². The van der Waals surface area contributed by atoms with E-state index in [1.54, 1.807) is 0 Å².